The van der Waals surface area contributed by atoms with Gasteiger partial charge in [0.2, 0.25) is 0 Å². The average Bonchev–Trinajstić information content (AvgIpc) is 2.16. The minimum absolute atomic E-state index is 0.539. The van der Waals surface area contributed by atoms with Gasteiger partial charge in [0.15, 0.2) is 11.5 Å². The molecular weight excluding hydrogens is 204 g/mol. The number of aliphatic hydroxyl groups is 1. The maximum absolute atomic E-state index is 9.82. The smallest absolute Gasteiger partial charge is 0.164 e. The number of hydrogen-bond acceptors (Lipinski definition) is 3. The van der Waals surface area contributed by atoms with Gasteiger partial charge in [0.05, 0.1) is 19.3 Å². The van der Waals surface area contributed by atoms with Crippen LogP contribution in [0.4, 0.5) is 0 Å². The number of methoxy groups -OCH3 is 1. The second-order valence-electron chi connectivity index (χ2n) is 4.37. The number of benzene rings is 1. The molecule has 0 saturated carbocycles. The molecule has 0 spiro atoms. The summed E-state index contributed by atoms with van der Waals surface area (Å²) in [5.74, 6) is 1.44. The summed E-state index contributed by atoms with van der Waals surface area (Å²) in [7, 11) is 1.62. The molecule has 90 valence electrons. The molecule has 0 aliphatic rings. The van der Waals surface area contributed by atoms with E-state index in [0.717, 1.165) is 11.3 Å². The highest BCUT2D eigenvalue weighted by Gasteiger charge is 2.18. The third-order valence-electron chi connectivity index (χ3n) is 2.19. The molecule has 0 heterocycles. The van der Waals surface area contributed by atoms with Gasteiger partial charge in [-0.15, -0.1) is 0 Å². The Morgan fingerprint density at radius 3 is 2.50 bits per heavy atom. The Labute approximate surface area is 97.0 Å². The van der Waals surface area contributed by atoms with Crippen molar-refractivity contribution in [1.82, 2.24) is 0 Å². The van der Waals surface area contributed by atoms with E-state index in [4.69, 9.17) is 9.47 Å². The van der Waals surface area contributed by atoms with Crippen LogP contribution in [0, 0.1) is 0 Å². The maximum atomic E-state index is 9.82. The van der Waals surface area contributed by atoms with Gasteiger partial charge in [-0.2, -0.15) is 0 Å². The summed E-state index contributed by atoms with van der Waals surface area (Å²) in [6.07, 6.45) is 0.539. The van der Waals surface area contributed by atoms with Crippen molar-refractivity contribution in [3.05, 3.63) is 23.8 Å². The van der Waals surface area contributed by atoms with Crippen molar-refractivity contribution in [2.75, 3.05) is 13.7 Å². The van der Waals surface area contributed by atoms with E-state index in [0.29, 0.717) is 18.8 Å². The zero-order valence-corrected chi connectivity index (χ0v) is 10.4. The van der Waals surface area contributed by atoms with Gasteiger partial charge in [0.25, 0.3) is 0 Å². The van der Waals surface area contributed by atoms with Crippen LogP contribution < -0.4 is 9.47 Å². The lowest BCUT2D eigenvalue weighted by Gasteiger charge is -2.20. The number of rotatable bonds is 5. The van der Waals surface area contributed by atoms with Gasteiger partial charge < -0.3 is 14.6 Å². The topological polar surface area (TPSA) is 38.7 Å². The van der Waals surface area contributed by atoms with Crippen molar-refractivity contribution in [3.63, 3.8) is 0 Å². The molecule has 1 aromatic carbocycles. The van der Waals surface area contributed by atoms with Crippen molar-refractivity contribution in [2.24, 2.45) is 0 Å². The van der Waals surface area contributed by atoms with Crippen molar-refractivity contribution < 1.29 is 14.6 Å². The molecular formula is C13H20O3. The standard InChI is InChI=1S/C13H20O3/c1-5-16-11-8-6-7-10(12(11)15-4)9-13(2,3)14/h6-8,14H,5,9H2,1-4H3. The van der Waals surface area contributed by atoms with E-state index in [2.05, 4.69) is 0 Å². The van der Waals surface area contributed by atoms with E-state index in [1.807, 2.05) is 25.1 Å². The van der Waals surface area contributed by atoms with Crippen LogP contribution >= 0.6 is 0 Å². The Morgan fingerprint density at radius 1 is 1.31 bits per heavy atom. The second kappa shape index (κ2) is 5.21. The van der Waals surface area contributed by atoms with Crippen molar-refractivity contribution in [3.8, 4) is 11.5 Å². The lowest BCUT2D eigenvalue weighted by atomic mass is 9.98. The largest absolute Gasteiger partial charge is 0.493 e. The highest BCUT2D eigenvalue weighted by atomic mass is 16.5. The monoisotopic (exact) mass is 224 g/mol. The molecule has 16 heavy (non-hydrogen) atoms. The molecule has 0 fully saturated rings. The highest BCUT2D eigenvalue weighted by molar-refractivity contribution is 5.47. The SMILES string of the molecule is CCOc1cccc(CC(C)(C)O)c1OC. The summed E-state index contributed by atoms with van der Waals surface area (Å²) in [6, 6.07) is 5.73. The van der Waals surface area contributed by atoms with E-state index in [-0.39, 0.29) is 0 Å². The van der Waals surface area contributed by atoms with Gasteiger partial charge in [-0.3, -0.25) is 0 Å². The van der Waals surface area contributed by atoms with Crippen LogP contribution in [-0.4, -0.2) is 24.4 Å². The molecule has 0 amide bonds. The van der Waals surface area contributed by atoms with Gasteiger partial charge >= 0.3 is 0 Å². The van der Waals surface area contributed by atoms with Crippen LogP contribution in [0.15, 0.2) is 18.2 Å². The molecule has 1 aromatic rings. The first kappa shape index (κ1) is 12.8. The van der Waals surface area contributed by atoms with E-state index in [1.54, 1.807) is 21.0 Å². The predicted molar refractivity (Wildman–Crippen MR) is 64.2 cm³/mol. The number of para-hydroxylation sites is 1. The van der Waals surface area contributed by atoms with Gasteiger partial charge in [-0.1, -0.05) is 12.1 Å². The molecule has 0 bridgehead atoms. The molecule has 0 radical (unpaired) electrons. The zero-order chi connectivity index (χ0) is 12.2. The normalized spacial score (nSPS) is 11.3. The molecule has 0 aliphatic heterocycles. The van der Waals surface area contributed by atoms with Crippen molar-refractivity contribution >= 4 is 0 Å². The van der Waals surface area contributed by atoms with Crippen LogP contribution in [0.3, 0.4) is 0 Å². The second-order valence-corrected chi connectivity index (χ2v) is 4.37. The third kappa shape index (κ3) is 3.42. The molecule has 0 saturated heterocycles. The van der Waals surface area contributed by atoms with E-state index in [1.165, 1.54) is 0 Å². The predicted octanol–water partition coefficient (Wildman–Crippen LogP) is 2.41. The number of hydrogen-bond donors (Lipinski definition) is 1. The van der Waals surface area contributed by atoms with E-state index in [9.17, 15) is 5.11 Å². The average molecular weight is 224 g/mol. The molecule has 0 unspecified atom stereocenters. The molecule has 0 atom stereocenters. The van der Waals surface area contributed by atoms with Crippen LogP contribution in [0.2, 0.25) is 0 Å². The molecule has 1 N–H and O–H groups in total. The third-order valence-corrected chi connectivity index (χ3v) is 2.19. The lowest BCUT2D eigenvalue weighted by Crippen LogP contribution is -2.22. The summed E-state index contributed by atoms with van der Waals surface area (Å²) in [4.78, 5) is 0. The fourth-order valence-corrected chi connectivity index (χ4v) is 1.67. The van der Waals surface area contributed by atoms with Crippen molar-refractivity contribution in [2.45, 2.75) is 32.8 Å². The van der Waals surface area contributed by atoms with Gasteiger partial charge in [0.1, 0.15) is 0 Å². The van der Waals surface area contributed by atoms with E-state index < -0.39 is 5.60 Å². The van der Waals surface area contributed by atoms with Gasteiger partial charge in [-0.05, 0) is 26.8 Å². The van der Waals surface area contributed by atoms with Gasteiger partial charge in [-0.25, -0.2) is 0 Å². The maximum Gasteiger partial charge on any atom is 0.164 e. The summed E-state index contributed by atoms with van der Waals surface area (Å²) >= 11 is 0. The Morgan fingerprint density at radius 2 is 2.00 bits per heavy atom. The van der Waals surface area contributed by atoms with Crippen LogP contribution in [-0.2, 0) is 6.42 Å². The van der Waals surface area contributed by atoms with Gasteiger partial charge in [0, 0.05) is 12.0 Å². The van der Waals surface area contributed by atoms with Crippen molar-refractivity contribution in [1.29, 1.82) is 0 Å². The van der Waals surface area contributed by atoms with Crippen LogP contribution in [0.1, 0.15) is 26.3 Å². The Balaban J connectivity index is 3.04. The quantitative estimate of drug-likeness (QED) is 0.834. The van der Waals surface area contributed by atoms with Crippen LogP contribution in [0.5, 0.6) is 11.5 Å². The zero-order valence-electron chi connectivity index (χ0n) is 10.4. The summed E-state index contributed by atoms with van der Waals surface area (Å²) in [5, 5.41) is 9.82. The molecule has 1 rings (SSSR count). The minimum atomic E-state index is -0.752. The summed E-state index contributed by atoms with van der Waals surface area (Å²) < 4.78 is 10.8. The first-order chi connectivity index (χ1) is 7.48. The summed E-state index contributed by atoms with van der Waals surface area (Å²) in [6.45, 7) is 6.09. The Kier molecular flexibility index (Phi) is 4.19. The Bertz CT molecular complexity index is 340. The van der Waals surface area contributed by atoms with Crippen LogP contribution in [0.25, 0.3) is 0 Å². The summed E-state index contributed by atoms with van der Waals surface area (Å²) in [5.41, 5.74) is 0.207. The van der Waals surface area contributed by atoms with E-state index >= 15 is 0 Å². The minimum Gasteiger partial charge on any atom is -0.493 e. The molecule has 3 heteroatoms. The number of ether oxygens (including phenoxy) is 2. The fourth-order valence-electron chi connectivity index (χ4n) is 1.67. The molecule has 3 nitrogen and oxygen atoms in total. The fraction of sp³-hybridized carbons (Fsp3) is 0.538. The Hall–Kier alpha value is -1.22. The molecule has 0 aliphatic carbocycles. The first-order valence-electron chi connectivity index (χ1n) is 5.49. The highest BCUT2D eigenvalue weighted by Crippen LogP contribution is 2.33. The first-order valence-corrected chi connectivity index (χ1v) is 5.49. The molecule has 0 aromatic heterocycles. The lowest BCUT2D eigenvalue weighted by molar-refractivity contribution is 0.0801.